The Morgan fingerprint density at radius 3 is 2.52 bits per heavy atom. The highest BCUT2D eigenvalue weighted by Gasteiger charge is 2.20. The van der Waals surface area contributed by atoms with Gasteiger partial charge in [0.15, 0.2) is 5.82 Å². The van der Waals surface area contributed by atoms with Crippen LogP contribution in [0.15, 0.2) is 59.4 Å². The lowest BCUT2D eigenvalue weighted by Crippen LogP contribution is -2.40. The molecule has 162 valence electrons. The quantitative estimate of drug-likeness (QED) is 0.583. The molecule has 0 spiro atoms. The van der Waals surface area contributed by atoms with Crippen LogP contribution in [0.2, 0.25) is 0 Å². The summed E-state index contributed by atoms with van der Waals surface area (Å²) in [5.74, 6) is 0.277. The van der Waals surface area contributed by atoms with Crippen LogP contribution in [-0.4, -0.2) is 46.3 Å². The van der Waals surface area contributed by atoms with Crippen LogP contribution < -0.4 is 15.8 Å². The van der Waals surface area contributed by atoms with E-state index in [2.05, 4.69) is 10.3 Å². The first-order valence-corrected chi connectivity index (χ1v) is 10.8. The lowest BCUT2D eigenvalue weighted by molar-refractivity contribution is -0.122. The Hall–Kier alpha value is -3.19. The molecule has 1 aliphatic heterocycles. The molecule has 1 atom stereocenters. The number of amides is 1. The Kier molecular flexibility index (Phi) is 6.62. The van der Waals surface area contributed by atoms with Crippen molar-refractivity contribution in [1.29, 1.82) is 0 Å². The van der Waals surface area contributed by atoms with Crippen LogP contribution in [0.1, 0.15) is 24.8 Å². The summed E-state index contributed by atoms with van der Waals surface area (Å²) in [5.41, 5.74) is 2.37. The van der Waals surface area contributed by atoms with Crippen molar-refractivity contribution in [2.24, 2.45) is 0 Å². The first-order valence-electron chi connectivity index (χ1n) is 10.8. The van der Waals surface area contributed by atoms with Crippen LogP contribution in [0.25, 0.3) is 11.0 Å². The Balaban J connectivity index is 1.49. The molecule has 2 aromatic carbocycles. The second-order valence-electron chi connectivity index (χ2n) is 7.96. The molecule has 1 aliphatic rings. The predicted molar refractivity (Wildman–Crippen MR) is 121 cm³/mol. The van der Waals surface area contributed by atoms with E-state index in [1.54, 1.807) is 4.57 Å². The maximum atomic E-state index is 13.2. The van der Waals surface area contributed by atoms with Gasteiger partial charge < -0.3 is 19.9 Å². The van der Waals surface area contributed by atoms with Gasteiger partial charge in [0.2, 0.25) is 5.91 Å². The molecular formula is C24H28N4O3. The number of nitrogens with one attached hydrogen (secondary N) is 1. The molecule has 1 unspecified atom stereocenters. The molecule has 1 saturated heterocycles. The summed E-state index contributed by atoms with van der Waals surface area (Å²) in [7, 11) is 0. The zero-order valence-corrected chi connectivity index (χ0v) is 17.5. The number of hydrogen-bond donors (Lipinski definition) is 2. The number of rotatable bonds is 8. The standard InChI is InChI=1S/C24H28N4O3/c29-17-19(16-18-8-2-1-3-9-18)25-22(30)12-15-28-21-11-5-4-10-20(21)26-23(24(28)31)27-13-6-7-14-27/h1-5,8-11,19,29H,6-7,12-17H2,(H,25,30). The van der Waals surface area contributed by atoms with Gasteiger partial charge in [-0.05, 0) is 37.0 Å². The van der Waals surface area contributed by atoms with E-state index in [1.807, 2.05) is 59.5 Å². The minimum absolute atomic E-state index is 0.141. The summed E-state index contributed by atoms with van der Waals surface area (Å²) in [6, 6.07) is 16.9. The molecule has 3 aromatic rings. The van der Waals surface area contributed by atoms with Crippen LogP contribution in [0.3, 0.4) is 0 Å². The lowest BCUT2D eigenvalue weighted by atomic mass is 10.1. The van der Waals surface area contributed by atoms with E-state index in [0.29, 0.717) is 12.2 Å². The van der Waals surface area contributed by atoms with Gasteiger partial charge in [0.25, 0.3) is 5.56 Å². The highest BCUT2D eigenvalue weighted by molar-refractivity contribution is 5.78. The molecule has 0 aliphatic carbocycles. The molecule has 0 saturated carbocycles. The third kappa shape index (κ3) is 4.94. The summed E-state index contributed by atoms with van der Waals surface area (Å²) in [4.78, 5) is 32.4. The number of fused-ring (bicyclic) bond motifs is 1. The fourth-order valence-corrected chi connectivity index (χ4v) is 4.11. The molecule has 1 aromatic heterocycles. The van der Waals surface area contributed by atoms with E-state index in [0.717, 1.165) is 42.5 Å². The summed E-state index contributed by atoms with van der Waals surface area (Å²) in [5, 5.41) is 12.6. The first-order chi connectivity index (χ1) is 15.2. The Bertz CT molecular complexity index is 1090. The topological polar surface area (TPSA) is 87.5 Å². The molecule has 7 nitrogen and oxygen atoms in total. The molecule has 7 heteroatoms. The van der Waals surface area contributed by atoms with Crippen LogP contribution in [-0.2, 0) is 17.8 Å². The van der Waals surface area contributed by atoms with Gasteiger partial charge in [0.1, 0.15) is 0 Å². The number of aliphatic hydroxyl groups is 1. The van der Waals surface area contributed by atoms with Gasteiger partial charge in [-0.2, -0.15) is 0 Å². The van der Waals surface area contributed by atoms with Gasteiger partial charge in [-0.25, -0.2) is 4.98 Å². The van der Waals surface area contributed by atoms with Crippen LogP contribution in [0.4, 0.5) is 5.82 Å². The van der Waals surface area contributed by atoms with Gasteiger partial charge in [0, 0.05) is 26.1 Å². The second kappa shape index (κ2) is 9.75. The summed E-state index contributed by atoms with van der Waals surface area (Å²) in [6.45, 7) is 1.79. The van der Waals surface area contributed by atoms with E-state index in [-0.39, 0.29) is 37.1 Å². The van der Waals surface area contributed by atoms with Gasteiger partial charge >= 0.3 is 0 Å². The summed E-state index contributed by atoms with van der Waals surface area (Å²) < 4.78 is 1.65. The maximum absolute atomic E-state index is 13.2. The van der Waals surface area contributed by atoms with E-state index < -0.39 is 0 Å². The second-order valence-corrected chi connectivity index (χ2v) is 7.96. The average molecular weight is 421 g/mol. The minimum atomic E-state index is -0.360. The van der Waals surface area contributed by atoms with Crippen molar-refractivity contribution in [2.45, 2.75) is 38.3 Å². The van der Waals surface area contributed by atoms with Crippen LogP contribution >= 0.6 is 0 Å². The van der Waals surface area contributed by atoms with Crippen LogP contribution in [0, 0.1) is 0 Å². The van der Waals surface area contributed by atoms with Gasteiger partial charge in [-0.3, -0.25) is 9.59 Å². The normalized spacial score (nSPS) is 14.7. The number of hydrogen-bond acceptors (Lipinski definition) is 5. The summed E-state index contributed by atoms with van der Waals surface area (Å²) in [6.07, 6.45) is 2.82. The third-order valence-electron chi connectivity index (χ3n) is 5.71. The molecular weight excluding hydrogens is 392 g/mol. The Morgan fingerprint density at radius 1 is 1.06 bits per heavy atom. The number of aliphatic hydroxyl groups excluding tert-OH is 1. The van der Waals surface area contributed by atoms with Crippen molar-refractivity contribution in [3.8, 4) is 0 Å². The number of benzene rings is 2. The first kappa shape index (κ1) is 21.1. The van der Waals surface area contributed by atoms with Crippen molar-refractivity contribution in [1.82, 2.24) is 14.9 Å². The van der Waals surface area contributed by atoms with E-state index in [9.17, 15) is 14.7 Å². The average Bonchev–Trinajstić information content (AvgIpc) is 3.33. The number of carbonyl (C=O) groups excluding carboxylic acids is 1. The van der Waals surface area contributed by atoms with Crippen molar-refractivity contribution in [2.75, 3.05) is 24.6 Å². The van der Waals surface area contributed by atoms with Gasteiger partial charge in [-0.15, -0.1) is 0 Å². The van der Waals surface area contributed by atoms with Crippen molar-refractivity contribution in [3.63, 3.8) is 0 Å². The fraction of sp³-hybridized carbons (Fsp3) is 0.375. The van der Waals surface area contributed by atoms with Gasteiger partial charge in [0.05, 0.1) is 23.7 Å². The summed E-state index contributed by atoms with van der Waals surface area (Å²) >= 11 is 0. The number of aromatic nitrogens is 2. The van der Waals surface area contributed by atoms with Crippen molar-refractivity contribution < 1.29 is 9.90 Å². The Labute approximate surface area is 181 Å². The minimum Gasteiger partial charge on any atom is -0.394 e. The molecule has 1 amide bonds. The molecule has 1 fully saturated rings. The molecule has 31 heavy (non-hydrogen) atoms. The smallest absolute Gasteiger partial charge is 0.294 e. The zero-order valence-electron chi connectivity index (χ0n) is 17.5. The SMILES string of the molecule is O=C(CCn1c(=O)c(N2CCCC2)nc2ccccc21)NC(CO)Cc1ccccc1. The lowest BCUT2D eigenvalue weighted by Gasteiger charge is -2.19. The molecule has 2 heterocycles. The molecule has 2 N–H and O–H groups in total. The van der Waals surface area contributed by atoms with Crippen molar-refractivity contribution in [3.05, 3.63) is 70.5 Å². The van der Waals surface area contributed by atoms with E-state index in [1.165, 1.54) is 0 Å². The van der Waals surface area contributed by atoms with E-state index >= 15 is 0 Å². The monoisotopic (exact) mass is 420 g/mol. The molecule has 0 bridgehead atoms. The highest BCUT2D eigenvalue weighted by Crippen LogP contribution is 2.18. The zero-order chi connectivity index (χ0) is 21.6. The number of aryl methyl sites for hydroxylation is 1. The number of anilines is 1. The largest absolute Gasteiger partial charge is 0.394 e. The molecule has 0 radical (unpaired) electrons. The highest BCUT2D eigenvalue weighted by atomic mass is 16.3. The maximum Gasteiger partial charge on any atom is 0.294 e. The Morgan fingerprint density at radius 2 is 1.77 bits per heavy atom. The number of carbonyl (C=O) groups is 1. The van der Waals surface area contributed by atoms with Gasteiger partial charge in [-0.1, -0.05) is 42.5 Å². The number of para-hydroxylation sites is 2. The number of nitrogens with zero attached hydrogens (tertiary/aromatic N) is 3. The third-order valence-corrected chi connectivity index (χ3v) is 5.71. The van der Waals surface area contributed by atoms with E-state index in [4.69, 9.17) is 0 Å². The van der Waals surface area contributed by atoms with Crippen molar-refractivity contribution >= 4 is 22.8 Å². The fourth-order valence-electron chi connectivity index (χ4n) is 4.11. The molecule has 4 rings (SSSR count). The predicted octanol–water partition coefficient (Wildman–Crippen LogP) is 2.11. The van der Waals surface area contributed by atoms with Crippen LogP contribution in [0.5, 0.6) is 0 Å².